The second-order valence-electron chi connectivity index (χ2n) is 3.91. The molecule has 1 unspecified atom stereocenters. The molecule has 0 bridgehead atoms. The molecular formula is C13H21NO3. The average Bonchev–Trinajstić information content (AvgIpc) is 2.35. The van der Waals surface area contributed by atoms with Crippen LogP contribution in [-0.2, 0) is 11.2 Å². The first-order valence-corrected chi connectivity index (χ1v) is 5.77. The molecule has 0 aliphatic heterocycles. The Morgan fingerprint density at radius 3 is 2.88 bits per heavy atom. The zero-order chi connectivity index (χ0) is 12.5. The predicted molar refractivity (Wildman–Crippen MR) is 67.5 cm³/mol. The van der Waals surface area contributed by atoms with Crippen molar-refractivity contribution in [3.63, 3.8) is 0 Å². The summed E-state index contributed by atoms with van der Waals surface area (Å²) in [6, 6.07) is 8.00. The number of nitrogens with one attached hydrogen (secondary N) is 1. The van der Waals surface area contributed by atoms with E-state index in [0.29, 0.717) is 13.2 Å². The quantitative estimate of drug-likeness (QED) is 0.660. The van der Waals surface area contributed by atoms with Gasteiger partial charge in [-0.05, 0) is 30.7 Å². The minimum Gasteiger partial charge on any atom is -0.497 e. The maximum Gasteiger partial charge on any atom is 0.119 e. The van der Waals surface area contributed by atoms with Gasteiger partial charge in [0.15, 0.2) is 0 Å². The van der Waals surface area contributed by atoms with Crippen LogP contribution in [0.4, 0.5) is 0 Å². The Morgan fingerprint density at radius 1 is 1.35 bits per heavy atom. The fraction of sp³-hybridized carbons (Fsp3) is 0.538. The summed E-state index contributed by atoms with van der Waals surface area (Å²) in [5.74, 6) is 0.877. The largest absolute Gasteiger partial charge is 0.497 e. The van der Waals surface area contributed by atoms with Gasteiger partial charge < -0.3 is 19.9 Å². The Bertz CT molecular complexity index is 317. The van der Waals surface area contributed by atoms with Crippen molar-refractivity contribution in [2.45, 2.75) is 12.5 Å². The van der Waals surface area contributed by atoms with Crippen LogP contribution in [0.2, 0.25) is 0 Å². The maximum absolute atomic E-state index is 9.42. The lowest BCUT2D eigenvalue weighted by atomic mass is 10.1. The van der Waals surface area contributed by atoms with Gasteiger partial charge in [-0.25, -0.2) is 0 Å². The number of aliphatic hydroxyl groups excluding tert-OH is 1. The van der Waals surface area contributed by atoms with Crippen molar-refractivity contribution in [3.05, 3.63) is 29.8 Å². The standard InChI is InChI=1S/C13H21NO3/c1-16-10-12(15)9-14-7-6-11-4-3-5-13(8-11)17-2/h3-5,8,12,14-15H,6-7,9-10H2,1-2H3. The molecule has 0 saturated heterocycles. The number of rotatable bonds is 8. The van der Waals surface area contributed by atoms with Crippen molar-refractivity contribution in [3.8, 4) is 5.75 Å². The molecule has 1 atom stereocenters. The van der Waals surface area contributed by atoms with E-state index in [1.165, 1.54) is 5.56 Å². The van der Waals surface area contributed by atoms with Gasteiger partial charge in [0.2, 0.25) is 0 Å². The van der Waals surface area contributed by atoms with Crippen LogP contribution in [0.5, 0.6) is 5.75 Å². The molecule has 1 rings (SSSR count). The fourth-order valence-corrected chi connectivity index (χ4v) is 1.58. The molecule has 0 fully saturated rings. The third-order valence-electron chi connectivity index (χ3n) is 2.46. The number of hydrogen-bond acceptors (Lipinski definition) is 4. The highest BCUT2D eigenvalue weighted by Gasteiger charge is 2.02. The number of benzene rings is 1. The molecule has 4 nitrogen and oxygen atoms in total. The van der Waals surface area contributed by atoms with Crippen LogP contribution in [-0.4, -0.2) is 45.1 Å². The third kappa shape index (κ3) is 5.68. The zero-order valence-corrected chi connectivity index (χ0v) is 10.5. The summed E-state index contributed by atoms with van der Waals surface area (Å²) in [5, 5.41) is 12.6. The van der Waals surface area contributed by atoms with E-state index in [0.717, 1.165) is 18.7 Å². The number of ether oxygens (including phenoxy) is 2. The highest BCUT2D eigenvalue weighted by Crippen LogP contribution is 2.12. The first-order chi connectivity index (χ1) is 8.26. The normalized spacial score (nSPS) is 12.4. The van der Waals surface area contributed by atoms with Crippen molar-refractivity contribution in [2.24, 2.45) is 0 Å². The van der Waals surface area contributed by atoms with Gasteiger partial charge in [-0.3, -0.25) is 0 Å². The van der Waals surface area contributed by atoms with E-state index in [-0.39, 0.29) is 0 Å². The first kappa shape index (κ1) is 14.0. The van der Waals surface area contributed by atoms with Gasteiger partial charge in [-0.2, -0.15) is 0 Å². The minimum atomic E-state index is -0.440. The van der Waals surface area contributed by atoms with E-state index >= 15 is 0 Å². The predicted octanol–water partition coefficient (Wildman–Crippen LogP) is 0.835. The monoisotopic (exact) mass is 239 g/mol. The summed E-state index contributed by atoms with van der Waals surface area (Å²) < 4.78 is 10.00. The molecule has 0 aromatic heterocycles. The van der Waals surface area contributed by atoms with E-state index in [1.54, 1.807) is 14.2 Å². The van der Waals surface area contributed by atoms with Crippen LogP contribution in [0.1, 0.15) is 5.56 Å². The van der Waals surface area contributed by atoms with Crippen LogP contribution < -0.4 is 10.1 Å². The first-order valence-electron chi connectivity index (χ1n) is 5.77. The number of hydrogen-bond donors (Lipinski definition) is 2. The van der Waals surface area contributed by atoms with E-state index in [9.17, 15) is 5.11 Å². The van der Waals surface area contributed by atoms with E-state index < -0.39 is 6.10 Å². The average molecular weight is 239 g/mol. The van der Waals surface area contributed by atoms with Crippen molar-refractivity contribution in [1.29, 1.82) is 0 Å². The Labute approximate surface area is 103 Å². The third-order valence-corrected chi connectivity index (χ3v) is 2.46. The molecule has 1 aromatic carbocycles. The number of aliphatic hydroxyl groups is 1. The lowest BCUT2D eigenvalue weighted by molar-refractivity contribution is 0.0648. The van der Waals surface area contributed by atoms with Crippen LogP contribution in [0.25, 0.3) is 0 Å². The Hall–Kier alpha value is -1.10. The SMILES string of the molecule is COCC(O)CNCCc1cccc(OC)c1. The van der Waals surface area contributed by atoms with Gasteiger partial charge in [-0.15, -0.1) is 0 Å². The van der Waals surface area contributed by atoms with Gasteiger partial charge in [0.05, 0.1) is 19.8 Å². The van der Waals surface area contributed by atoms with E-state index in [1.807, 2.05) is 18.2 Å². The van der Waals surface area contributed by atoms with Crippen LogP contribution in [0, 0.1) is 0 Å². The highest BCUT2D eigenvalue weighted by molar-refractivity contribution is 5.28. The molecule has 17 heavy (non-hydrogen) atoms. The van der Waals surface area contributed by atoms with Crippen molar-refractivity contribution in [1.82, 2.24) is 5.32 Å². The topological polar surface area (TPSA) is 50.7 Å². The molecule has 0 aliphatic rings. The molecule has 96 valence electrons. The van der Waals surface area contributed by atoms with Crippen LogP contribution >= 0.6 is 0 Å². The molecule has 0 spiro atoms. The Kier molecular flexibility index (Phi) is 6.62. The fourth-order valence-electron chi connectivity index (χ4n) is 1.58. The summed E-state index contributed by atoms with van der Waals surface area (Å²) >= 11 is 0. The second-order valence-corrected chi connectivity index (χ2v) is 3.91. The van der Waals surface area contributed by atoms with E-state index in [4.69, 9.17) is 9.47 Å². The van der Waals surface area contributed by atoms with Crippen molar-refractivity contribution in [2.75, 3.05) is 33.9 Å². The van der Waals surface area contributed by atoms with E-state index in [2.05, 4.69) is 11.4 Å². The summed E-state index contributed by atoms with van der Waals surface area (Å²) in [6.07, 6.45) is 0.474. The molecule has 0 saturated carbocycles. The Balaban J connectivity index is 2.21. The highest BCUT2D eigenvalue weighted by atomic mass is 16.5. The van der Waals surface area contributed by atoms with Crippen LogP contribution in [0.3, 0.4) is 0 Å². The molecule has 0 heterocycles. The summed E-state index contributed by atoms with van der Waals surface area (Å²) in [5.41, 5.74) is 1.22. The minimum absolute atomic E-state index is 0.367. The summed E-state index contributed by atoms with van der Waals surface area (Å²) in [6.45, 7) is 1.75. The molecule has 0 radical (unpaired) electrons. The Morgan fingerprint density at radius 2 is 2.18 bits per heavy atom. The summed E-state index contributed by atoms with van der Waals surface area (Å²) in [4.78, 5) is 0. The zero-order valence-electron chi connectivity index (χ0n) is 10.5. The summed E-state index contributed by atoms with van der Waals surface area (Å²) in [7, 11) is 3.25. The molecular weight excluding hydrogens is 218 g/mol. The molecule has 4 heteroatoms. The molecule has 1 aromatic rings. The van der Waals surface area contributed by atoms with Crippen molar-refractivity contribution >= 4 is 0 Å². The number of methoxy groups -OCH3 is 2. The van der Waals surface area contributed by atoms with Gasteiger partial charge in [0, 0.05) is 13.7 Å². The maximum atomic E-state index is 9.42. The van der Waals surface area contributed by atoms with Gasteiger partial charge in [0.25, 0.3) is 0 Å². The van der Waals surface area contributed by atoms with Crippen LogP contribution in [0.15, 0.2) is 24.3 Å². The molecule has 0 aliphatic carbocycles. The van der Waals surface area contributed by atoms with Gasteiger partial charge >= 0.3 is 0 Å². The van der Waals surface area contributed by atoms with Crippen molar-refractivity contribution < 1.29 is 14.6 Å². The molecule has 0 amide bonds. The smallest absolute Gasteiger partial charge is 0.119 e. The second kappa shape index (κ2) is 8.06. The van der Waals surface area contributed by atoms with Gasteiger partial charge in [0.1, 0.15) is 5.75 Å². The van der Waals surface area contributed by atoms with Gasteiger partial charge in [-0.1, -0.05) is 12.1 Å². The molecule has 2 N–H and O–H groups in total. The lowest BCUT2D eigenvalue weighted by Gasteiger charge is -2.10. The lowest BCUT2D eigenvalue weighted by Crippen LogP contribution is -2.31.